The molecule has 0 saturated heterocycles. The van der Waals surface area contributed by atoms with Crippen LogP contribution in [0, 0.1) is 0 Å². The van der Waals surface area contributed by atoms with Crippen molar-refractivity contribution in [1.29, 1.82) is 0 Å². The molecule has 0 spiro atoms. The Hall–Kier alpha value is -0.180. The Kier molecular flexibility index (Phi) is 8.00. The molecule has 0 unspecified atom stereocenters. The SMILES string of the molecule is CCOCCP(CC)(CC)(CC)OC(=O)COC. The molecule has 0 aromatic carbocycles. The molecule has 0 aliphatic carbocycles. The summed E-state index contributed by atoms with van der Waals surface area (Å²) >= 11 is 0. The van der Waals surface area contributed by atoms with Gasteiger partial charge in [-0.2, -0.15) is 0 Å². The normalized spacial score (nSPS) is 13.9. The van der Waals surface area contributed by atoms with Gasteiger partial charge in [-0.05, 0) is 0 Å². The Bertz CT molecular complexity index is 240. The molecule has 0 aliphatic heterocycles. The summed E-state index contributed by atoms with van der Waals surface area (Å²) in [6.45, 7) is 7.32. The molecule has 18 heavy (non-hydrogen) atoms. The van der Waals surface area contributed by atoms with Crippen LogP contribution in [0.3, 0.4) is 0 Å². The van der Waals surface area contributed by atoms with Crippen LogP contribution in [0.5, 0.6) is 0 Å². The van der Waals surface area contributed by atoms with E-state index in [2.05, 4.69) is 20.8 Å². The van der Waals surface area contributed by atoms with Crippen LogP contribution >= 0.6 is 6.83 Å². The van der Waals surface area contributed by atoms with Crippen LogP contribution in [-0.2, 0) is 18.8 Å². The van der Waals surface area contributed by atoms with E-state index < -0.39 is 6.83 Å². The molecule has 0 atom stereocenters. The Labute approximate surface area is 111 Å². The zero-order chi connectivity index (χ0) is 14.1. The first-order valence-corrected chi connectivity index (χ1v) is 9.71. The molecule has 0 aromatic rings. The summed E-state index contributed by atoms with van der Waals surface area (Å²) in [5, 5.41) is 0. The molecule has 0 saturated carbocycles. The first-order chi connectivity index (χ1) is 8.51. The quantitative estimate of drug-likeness (QED) is 0.456. The van der Waals surface area contributed by atoms with Crippen molar-refractivity contribution >= 4 is 12.8 Å². The third-order valence-corrected chi connectivity index (χ3v) is 10.9. The third-order valence-electron chi connectivity index (χ3n) is 4.03. The van der Waals surface area contributed by atoms with Gasteiger partial charge in [-0.3, -0.25) is 0 Å². The van der Waals surface area contributed by atoms with Crippen molar-refractivity contribution in [3.05, 3.63) is 0 Å². The van der Waals surface area contributed by atoms with E-state index in [0.29, 0.717) is 13.2 Å². The van der Waals surface area contributed by atoms with Crippen molar-refractivity contribution in [1.82, 2.24) is 0 Å². The maximum atomic E-state index is 11.8. The van der Waals surface area contributed by atoms with Crippen LogP contribution in [0.15, 0.2) is 0 Å². The second-order valence-corrected chi connectivity index (χ2v) is 10.9. The van der Waals surface area contributed by atoms with Gasteiger partial charge < -0.3 is 0 Å². The van der Waals surface area contributed by atoms with Crippen LogP contribution in [0.2, 0.25) is 0 Å². The second kappa shape index (κ2) is 8.08. The average molecular weight is 280 g/mol. The molecule has 0 N–H and O–H groups in total. The summed E-state index contributed by atoms with van der Waals surface area (Å²) in [7, 11) is 1.51. The van der Waals surface area contributed by atoms with E-state index in [1.807, 2.05) is 6.92 Å². The third kappa shape index (κ3) is 4.49. The Morgan fingerprint density at radius 1 is 1.06 bits per heavy atom. The van der Waals surface area contributed by atoms with Crippen LogP contribution in [0.1, 0.15) is 27.7 Å². The molecule has 0 fully saturated rings. The Morgan fingerprint density at radius 3 is 2.00 bits per heavy atom. The van der Waals surface area contributed by atoms with Crippen molar-refractivity contribution in [3.63, 3.8) is 0 Å². The molecular formula is C13H29O4P. The maximum absolute atomic E-state index is 11.8. The first kappa shape index (κ1) is 17.8. The number of carbonyl (C=O) groups excluding carboxylic acids is 1. The summed E-state index contributed by atoms with van der Waals surface area (Å²) in [6.07, 6.45) is 3.61. The molecule has 0 bridgehead atoms. The van der Waals surface area contributed by atoms with Crippen LogP contribution in [0.25, 0.3) is 0 Å². The van der Waals surface area contributed by atoms with Gasteiger partial charge in [0.05, 0.1) is 0 Å². The molecular weight excluding hydrogens is 251 g/mol. The average Bonchev–Trinajstić information content (AvgIpc) is 2.38. The van der Waals surface area contributed by atoms with Crippen LogP contribution in [0.4, 0.5) is 0 Å². The molecule has 0 aliphatic rings. The van der Waals surface area contributed by atoms with Crippen molar-refractivity contribution in [2.24, 2.45) is 0 Å². The van der Waals surface area contributed by atoms with Gasteiger partial charge in [0, 0.05) is 0 Å². The number of ether oxygens (including phenoxy) is 2. The fourth-order valence-corrected chi connectivity index (χ4v) is 6.24. The van der Waals surface area contributed by atoms with Gasteiger partial charge in [-0.1, -0.05) is 0 Å². The molecule has 0 rings (SSSR count). The van der Waals surface area contributed by atoms with E-state index in [1.54, 1.807) is 0 Å². The molecule has 0 amide bonds. The van der Waals surface area contributed by atoms with Gasteiger partial charge in [-0.15, -0.1) is 0 Å². The molecule has 5 heteroatoms. The van der Waals surface area contributed by atoms with E-state index >= 15 is 0 Å². The predicted molar refractivity (Wildman–Crippen MR) is 77.9 cm³/mol. The molecule has 0 aromatic heterocycles. The zero-order valence-electron chi connectivity index (χ0n) is 12.5. The van der Waals surface area contributed by atoms with Crippen molar-refractivity contribution < 1.29 is 18.8 Å². The topological polar surface area (TPSA) is 44.8 Å². The minimum absolute atomic E-state index is 0.0343. The number of rotatable bonds is 10. The van der Waals surface area contributed by atoms with Crippen LogP contribution < -0.4 is 0 Å². The monoisotopic (exact) mass is 280 g/mol. The second-order valence-electron chi connectivity index (χ2n) is 4.62. The summed E-state index contributed by atoms with van der Waals surface area (Å²) in [4.78, 5) is 11.8. The summed E-state index contributed by atoms with van der Waals surface area (Å²) in [5.41, 5.74) is 0. The minimum atomic E-state index is -2.44. The Morgan fingerprint density at radius 2 is 1.61 bits per heavy atom. The molecule has 0 radical (unpaired) electrons. The fourth-order valence-electron chi connectivity index (χ4n) is 2.26. The van der Waals surface area contributed by atoms with E-state index in [4.69, 9.17) is 14.0 Å². The fraction of sp³-hybridized carbons (Fsp3) is 0.923. The van der Waals surface area contributed by atoms with Gasteiger partial charge in [0.25, 0.3) is 0 Å². The summed E-state index contributed by atoms with van der Waals surface area (Å²) < 4.78 is 16.3. The molecule has 4 nitrogen and oxygen atoms in total. The van der Waals surface area contributed by atoms with Crippen molar-refractivity contribution in [2.45, 2.75) is 27.7 Å². The van der Waals surface area contributed by atoms with E-state index in [1.165, 1.54) is 7.11 Å². The van der Waals surface area contributed by atoms with Gasteiger partial charge in [0.15, 0.2) is 0 Å². The van der Waals surface area contributed by atoms with Gasteiger partial charge in [0.2, 0.25) is 0 Å². The van der Waals surface area contributed by atoms with Crippen molar-refractivity contribution in [3.8, 4) is 0 Å². The number of carbonyl (C=O) groups is 1. The molecule has 110 valence electrons. The van der Waals surface area contributed by atoms with E-state index in [0.717, 1.165) is 24.6 Å². The summed E-state index contributed by atoms with van der Waals surface area (Å²) in [5.74, 6) is -0.239. The number of hydrogen-bond donors (Lipinski definition) is 0. The van der Waals surface area contributed by atoms with Gasteiger partial charge in [0.1, 0.15) is 0 Å². The van der Waals surface area contributed by atoms with E-state index in [-0.39, 0.29) is 12.6 Å². The first-order valence-electron chi connectivity index (χ1n) is 6.81. The van der Waals surface area contributed by atoms with Crippen molar-refractivity contribution in [2.75, 3.05) is 51.6 Å². The Balaban J connectivity index is 4.92. The summed E-state index contributed by atoms with van der Waals surface area (Å²) in [6, 6.07) is 0. The van der Waals surface area contributed by atoms with Crippen LogP contribution in [-0.4, -0.2) is 57.5 Å². The van der Waals surface area contributed by atoms with Gasteiger partial charge in [-0.25, -0.2) is 0 Å². The number of hydrogen-bond acceptors (Lipinski definition) is 4. The number of methoxy groups -OCH3 is 1. The van der Waals surface area contributed by atoms with E-state index in [9.17, 15) is 4.79 Å². The molecule has 0 heterocycles. The van der Waals surface area contributed by atoms with Gasteiger partial charge >= 0.3 is 111 Å². The zero-order valence-corrected chi connectivity index (χ0v) is 13.4. The standard InChI is InChI=1S/C13H29O4P/c1-6-16-10-11-18(7-2,8-3,9-4)17-13(14)12-15-5/h6-12H2,1-5H3. The predicted octanol–water partition coefficient (Wildman–Crippen LogP) is 2.74.